The van der Waals surface area contributed by atoms with E-state index in [-0.39, 0.29) is 11.3 Å². The van der Waals surface area contributed by atoms with Gasteiger partial charge in [-0.25, -0.2) is 9.78 Å². The summed E-state index contributed by atoms with van der Waals surface area (Å²) in [6.45, 7) is 0. The van der Waals surface area contributed by atoms with Crippen molar-refractivity contribution in [1.82, 2.24) is 9.97 Å². The number of aromatic carboxylic acids is 1. The number of carboxylic acids is 1. The van der Waals surface area contributed by atoms with Crippen molar-refractivity contribution in [1.29, 1.82) is 0 Å². The molecule has 0 saturated heterocycles. The van der Waals surface area contributed by atoms with Crippen molar-refractivity contribution in [3.05, 3.63) is 46.4 Å². The van der Waals surface area contributed by atoms with Crippen LogP contribution in [-0.4, -0.2) is 26.2 Å². The highest BCUT2D eigenvalue weighted by Gasteiger charge is 2.12. The van der Waals surface area contributed by atoms with Gasteiger partial charge in [-0.1, -0.05) is 15.9 Å². The van der Waals surface area contributed by atoms with Crippen LogP contribution in [0.1, 0.15) is 10.4 Å². The molecule has 1 heterocycles. The summed E-state index contributed by atoms with van der Waals surface area (Å²) in [6, 6.07) is 9.68. The number of rotatable bonds is 2. The van der Waals surface area contributed by atoms with Crippen LogP contribution in [0.3, 0.4) is 0 Å². The van der Waals surface area contributed by atoms with Crippen LogP contribution in [0.15, 0.2) is 40.9 Å². The Labute approximate surface area is 122 Å². The fourth-order valence-electron chi connectivity index (χ4n) is 1.97. The lowest BCUT2D eigenvalue weighted by Crippen LogP contribution is -1.94. The maximum atomic E-state index is 10.9. The number of phenols is 1. The number of imidazole rings is 1. The maximum absolute atomic E-state index is 10.9. The number of hydrogen-bond donors (Lipinski definition) is 3. The van der Waals surface area contributed by atoms with Gasteiger partial charge in [0.05, 0.1) is 22.2 Å². The molecule has 0 aliphatic rings. The van der Waals surface area contributed by atoms with Gasteiger partial charge in [-0.2, -0.15) is 0 Å². The molecule has 5 nitrogen and oxygen atoms in total. The first-order chi connectivity index (χ1) is 9.54. The molecule has 0 radical (unpaired) electrons. The molecule has 0 saturated carbocycles. The number of aromatic nitrogens is 2. The number of hydrogen-bond acceptors (Lipinski definition) is 3. The summed E-state index contributed by atoms with van der Waals surface area (Å²) >= 11 is 3.34. The lowest BCUT2D eigenvalue weighted by atomic mass is 10.2. The molecule has 0 fully saturated rings. The number of benzene rings is 2. The monoisotopic (exact) mass is 332 g/mol. The Balaban J connectivity index is 2.17. The van der Waals surface area contributed by atoms with Gasteiger partial charge in [0.2, 0.25) is 0 Å². The highest BCUT2D eigenvalue weighted by atomic mass is 79.9. The van der Waals surface area contributed by atoms with E-state index in [4.69, 9.17) is 5.11 Å². The molecule has 0 amide bonds. The van der Waals surface area contributed by atoms with Gasteiger partial charge in [-0.15, -0.1) is 0 Å². The number of carbonyl (C=O) groups is 1. The molecule has 0 atom stereocenters. The number of aromatic hydroxyl groups is 1. The van der Waals surface area contributed by atoms with Gasteiger partial charge in [0, 0.05) is 4.47 Å². The van der Waals surface area contributed by atoms with Crippen LogP contribution < -0.4 is 0 Å². The standard InChI is InChI=1S/C14H9BrN2O3/c15-8-2-4-12(18)9(6-8)13-16-10-3-1-7(14(19)20)5-11(10)17-13/h1-6,18H,(H,16,17)(H,19,20). The van der Waals surface area contributed by atoms with Crippen LogP contribution in [0.4, 0.5) is 0 Å². The predicted octanol–water partition coefficient (Wildman–Crippen LogP) is 3.40. The fraction of sp³-hybridized carbons (Fsp3) is 0. The summed E-state index contributed by atoms with van der Waals surface area (Å²) in [7, 11) is 0. The first-order valence-electron chi connectivity index (χ1n) is 5.76. The van der Waals surface area contributed by atoms with Crippen molar-refractivity contribution in [3.63, 3.8) is 0 Å². The normalized spacial score (nSPS) is 10.8. The van der Waals surface area contributed by atoms with Crippen molar-refractivity contribution < 1.29 is 15.0 Å². The smallest absolute Gasteiger partial charge is 0.335 e. The zero-order chi connectivity index (χ0) is 14.3. The second-order valence-electron chi connectivity index (χ2n) is 4.28. The summed E-state index contributed by atoms with van der Waals surface area (Å²) in [5.74, 6) is -0.402. The lowest BCUT2D eigenvalue weighted by Gasteiger charge is -2.01. The Kier molecular flexibility index (Phi) is 2.94. The summed E-state index contributed by atoms with van der Waals surface area (Å²) in [4.78, 5) is 18.3. The number of aromatic amines is 1. The average molecular weight is 333 g/mol. The Morgan fingerprint density at radius 2 is 2.00 bits per heavy atom. The van der Waals surface area contributed by atoms with Crippen LogP contribution in [0.2, 0.25) is 0 Å². The molecule has 100 valence electrons. The molecule has 3 N–H and O–H groups in total. The van der Waals surface area contributed by atoms with E-state index in [1.54, 1.807) is 24.3 Å². The first kappa shape index (κ1) is 12.7. The summed E-state index contributed by atoms with van der Waals surface area (Å²) in [5, 5.41) is 18.8. The van der Waals surface area contributed by atoms with E-state index in [0.29, 0.717) is 22.4 Å². The number of fused-ring (bicyclic) bond motifs is 1. The maximum Gasteiger partial charge on any atom is 0.335 e. The molecule has 3 aromatic rings. The molecule has 3 rings (SSSR count). The third-order valence-corrected chi connectivity index (χ3v) is 3.44. The number of nitrogens with one attached hydrogen (secondary N) is 1. The third-order valence-electron chi connectivity index (χ3n) is 2.94. The van der Waals surface area contributed by atoms with Crippen molar-refractivity contribution in [3.8, 4) is 17.1 Å². The summed E-state index contributed by atoms with van der Waals surface area (Å²) < 4.78 is 0.817. The number of carboxylic acid groups (broad SMARTS) is 1. The second-order valence-corrected chi connectivity index (χ2v) is 5.20. The van der Waals surface area contributed by atoms with Crippen molar-refractivity contribution in [2.45, 2.75) is 0 Å². The second kappa shape index (κ2) is 4.64. The predicted molar refractivity (Wildman–Crippen MR) is 77.9 cm³/mol. The molecule has 1 aromatic heterocycles. The van der Waals surface area contributed by atoms with Gasteiger partial charge in [0.25, 0.3) is 0 Å². The minimum atomic E-state index is -0.992. The van der Waals surface area contributed by atoms with E-state index in [2.05, 4.69) is 25.9 Å². The van der Waals surface area contributed by atoms with E-state index in [1.165, 1.54) is 12.1 Å². The van der Waals surface area contributed by atoms with Crippen LogP contribution >= 0.6 is 15.9 Å². The number of halogens is 1. The van der Waals surface area contributed by atoms with Gasteiger partial charge in [-0.3, -0.25) is 0 Å². The molecule has 20 heavy (non-hydrogen) atoms. The molecule has 6 heteroatoms. The van der Waals surface area contributed by atoms with Crippen molar-refractivity contribution in [2.24, 2.45) is 0 Å². The Morgan fingerprint density at radius 1 is 1.20 bits per heavy atom. The lowest BCUT2D eigenvalue weighted by molar-refractivity contribution is 0.0697. The fourth-order valence-corrected chi connectivity index (χ4v) is 2.33. The molecular weight excluding hydrogens is 324 g/mol. The van der Waals surface area contributed by atoms with Crippen LogP contribution in [0, 0.1) is 0 Å². The quantitative estimate of drug-likeness (QED) is 0.671. The Hall–Kier alpha value is -2.34. The van der Waals surface area contributed by atoms with Crippen LogP contribution in [0.5, 0.6) is 5.75 Å². The SMILES string of the molecule is O=C(O)c1ccc2nc(-c3cc(Br)ccc3O)[nH]c2c1. The number of H-pyrrole nitrogens is 1. The minimum Gasteiger partial charge on any atom is -0.507 e. The van der Waals surface area contributed by atoms with Crippen LogP contribution in [-0.2, 0) is 0 Å². The van der Waals surface area contributed by atoms with E-state index in [1.807, 2.05) is 0 Å². The zero-order valence-corrected chi connectivity index (χ0v) is 11.7. The topological polar surface area (TPSA) is 86.2 Å². The first-order valence-corrected chi connectivity index (χ1v) is 6.56. The van der Waals surface area contributed by atoms with E-state index in [0.717, 1.165) is 4.47 Å². The third kappa shape index (κ3) is 2.14. The van der Waals surface area contributed by atoms with Gasteiger partial charge >= 0.3 is 5.97 Å². The molecule has 2 aromatic carbocycles. The van der Waals surface area contributed by atoms with Crippen molar-refractivity contribution in [2.75, 3.05) is 0 Å². The highest BCUT2D eigenvalue weighted by Crippen LogP contribution is 2.31. The van der Waals surface area contributed by atoms with E-state index in [9.17, 15) is 9.90 Å². The molecule has 0 spiro atoms. The summed E-state index contributed by atoms with van der Waals surface area (Å²) in [5.41, 5.74) is 1.99. The molecule has 0 unspecified atom stereocenters. The van der Waals surface area contributed by atoms with Gasteiger partial charge in [0.15, 0.2) is 0 Å². The van der Waals surface area contributed by atoms with E-state index < -0.39 is 5.97 Å². The van der Waals surface area contributed by atoms with Crippen molar-refractivity contribution >= 4 is 32.9 Å². The van der Waals surface area contributed by atoms with Gasteiger partial charge in [0.1, 0.15) is 11.6 Å². The van der Waals surface area contributed by atoms with Gasteiger partial charge in [-0.05, 0) is 36.4 Å². The molecular formula is C14H9BrN2O3. The Bertz CT molecular complexity index is 826. The Morgan fingerprint density at radius 3 is 2.75 bits per heavy atom. The molecule has 0 bridgehead atoms. The molecule has 0 aliphatic heterocycles. The van der Waals surface area contributed by atoms with Gasteiger partial charge < -0.3 is 15.2 Å². The number of phenolic OH excluding ortho intramolecular Hbond substituents is 1. The largest absolute Gasteiger partial charge is 0.507 e. The van der Waals surface area contributed by atoms with E-state index >= 15 is 0 Å². The minimum absolute atomic E-state index is 0.103. The average Bonchev–Trinajstić information content (AvgIpc) is 2.83. The number of nitrogens with zero attached hydrogens (tertiary/aromatic N) is 1. The molecule has 0 aliphatic carbocycles. The zero-order valence-electron chi connectivity index (χ0n) is 10.1. The van der Waals surface area contributed by atoms with Crippen LogP contribution in [0.25, 0.3) is 22.4 Å². The summed E-state index contributed by atoms with van der Waals surface area (Å²) in [6.07, 6.45) is 0. The highest BCUT2D eigenvalue weighted by molar-refractivity contribution is 9.10.